The summed E-state index contributed by atoms with van der Waals surface area (Å²) in [4.78, 5) is 14.3. The van der Waals surface area contributed by atoms with Crippen molar-refractivity contribution in [3.8, 4) is 0 Å². The monoisotopic (exact) mass is 461 g/mol. The van der Waals surface area contributed by atoms with Crippen molar-refractivity contribution < 1.29 is 23.1 Å². The van der Waals surface area contributed by atoms with E-state index in [9.17, 15) is 18.3 Å². The van der Waals surface area contributed by atoms with E-state index in [4.69, 9.17) is 4.74 Å². The third kappa shape index (κ3) is 4.19. The maximum atomic E-state index is 12.4. The molecule has 5 rings (SSSR count). The van der Waals surface area contributed by atoms with Crippen molar-refractivity contribution in [3.05, 3.63) is 35.5 Å². The molecular formula is C21H27N5O5S. The van der Waals surface area contributed by atoms with Gasteiger partial charge in [0.25, 0.3) is 0 Å². The van der Waals surface area contributed by atoms with Gasteiger partial charge in [0, 0.05) is 36.5 Å². The third-order valence-electron chi connectivity index (χ3n) is 6.47. The zero-order chi connectivity index (χ0) is 22.5. The Morgan fingerprint density at radius 2 is 2.19 bits per heavy atom. The molecule has 1 aromatic heterocycles. The summed E-state index contributed by atoms with van der Waals surface area (Å²) in [6.07, 6.45) is 2.46. The van der Waals surface area contributed by atoms with E-state index in [1.165, 1.54) is 0 Å². The second-order valence-electron chi connectivity index (χ2n) is 9.16. The minimum atomic E-state index is -3.38. The minimum Gasteiger partial charge on any atom is -0.446 e. The van der Waals surface area contributed by atoms with Crippen LogP contribution in [-0.2, 0) is 21.3 Å². The Labute approximate surface area is 186 Å². The lowest BCUT2D eigenvalue weighted by molar-refractivity contribution is 0.0469. The Morgan fingerprint density at radius 1 is 1.34 bits per heavy atom. The highest BCUT2D eigenvalue weighted by Crippen LogP contribution is 2.37. The number of aromatic nitrogens is 2. The molecular weight excluding hydrogens is 434 g/mol. The number of H-pyrrole nitrogens is 1. The molecule has 1 aliphatic carbocycles. The number of likely N-dealkylation sites (tertiary alicyclic amines) is 1. The van der Waals surface area contributed by atoms with Gasteiger partial charge in [-0.25, -0.2) is 17.9 Å². The Morgan fingerprint density at radius 3 is 2.97 bits per heavy atom. The molecule has 3 atom stereocenters. The molecule has 1 amide bonds. The van der Waals surface area contributed by atoms with Gasteiger partial charge in [0.05, 0.1) is 17.0 Å². The molecule has 0 bridgehead atoms. The summed E-state index contributed by atoms with van der Waals surface area (Å²) in [7, 11) is -3.38. The lowest BCUT2D eigenvalue weighted by Crippen LogP contribution is -2.35. The summed E-state index contributed by atoms with van der Waals surface area (Å²) < 4.78 is 31.9. The number of hydrogen-bond acceptors (Lipinski definition) is 7. The van der Waals surface area contributed by atoms with Crippen LogP contribution < -0.4 is 10.0 Å². The van der Waals surface area contributed by atoms with Gasteiger partial charge in [-0.05, 0) is 56.4 Å². The molecule has 172 valence electrons. The first-order valence-corrected chi connectivity index (χ1v) is 12.3. The summed E-state index contributed by atoms with van der Waals surface area (Å²) in [5.74, 6) is 0.861. The smallest absolute Gasteiger partial charge is 0.410 e. The average Bonchev–Trinajstić information content (AvgIpc) is 3.50. The van der Waals surface area contributed by atoms with Crippen LogP contribution in [0.4, 0.5) is 16.3 Å². The van der Waals surface area contributed by atoms with Gasteiger partial charge in [-0.3, -0.25) is 5.10 Å². The number of aromatic amines is 1. The summed E-state index contributed by atoms with van der Waals surface area (Å²) in [5, 5.41) is 20.7. The predicted octanol–water partition coefficient (Wildman–Crippen LogP) is 2.17. The normalized spacial score (nSPS) is 28.6. The van der Waals surface area contributed by atoms with Crippen LogP contribution in [-0.4, -0.2) is 59.5 Å². The van der Waals surface area contributed by atoms with Crippen LogP contribution in [0.2, 0.25) is 0 Å². The highest BCUT2D eigenvalue weighted by molar-refractivity contribution is 7.89. The maximum Gasteiger partial charge on any atom is 0.410 e. The van der Waals surface area contributed by atoms with Crippen LogP contribution in [0.5, 0.6) is 0 Å². The fraction of sp³-hybridized carbons (Fsp3) is 0.524. The lowest BCUT2D eigenvalue weighted by atomic mass is 10.0. The van der Waals surface area contributed by atoms with Crippen LogP contribution in [0, 0.1) is 0 Å². The molecule has 2 fully saturated rings. The molecule has 3 heterocycles. The standard InChI is InChI=1S/C21H27N5O5S/c1-21(28)6-7-26(12-21)20(27)31-16-4-2-13(9-16)17-10-19(25-24-17)23-15-3-5-18-14(8-15)11-22-32(18,29)30/h3,5,8,10,13,16,22,28H,2,4,6-7,9,11-12H2,1H3,(H2,23,24,25)/t13-,16+,21?/m1/s1. The first-order valence-electron chi connectivity index (χ1n) is 10.8. The third-order valence-corrected chi connectivity index (χ3v) is 7.98. The number of carbonyl (C=O) groups excluding carboxylic acids is 1. The molecule has 2 aromatic rings. The van der Waals surface area contributed by atoms with E-state index in [2.05, 4.69) is 20.2 Å². The number of ether oxygens (including phenoxy) is 1. The molecule has 2 aliphatic heterocycles. The molecule has 1 saturated heterocycles. The zero-order valence-electron chi connectivity index (χ0n) is 17.8. The summed E-state index contributed by atoms with van der Waals surface area (Å²) in [6.45, 7) is 2.85. The zero-order valence-corrected chi connectivity index (χ0v) is 18.6. The average molecular weight is 462 g/mol. The summed E-state index contributed by atoms with van der Waals surface area (Å²) in [5.41, 5.74) is 1.63. The summed E-state index contributed by atoms with van der Waals surface area (Å²) in [6, 6.07) is 7.06. The van der Waals surface area contributed by atoms with Crippen molar-refractivity contribution in [1.29, 1.82) is 0 Å². The maximum absolute atomic E-state index is 12.4. The van der Waals surface area contributed by atoms with E-state index < -0.39 is 15.6 Å². The quantitative estimate of drug-likeness (QED) is 0.548. The molecule has 1 aromatic carbocycles. The van der Waals surface area contributed by atoms with E-state index >= 15 is 0 Å². The number of aliphatic hydroxyl groups is 1. The van der Waals surface area contributed by atoms with Gasteiger partial charge in [-0.15, -0.1) is 0 Å². The second kappa shape index (κ2) is 7.75. The fourth-order valence-electron chi connectivity index (χ4n) is 4.71. The Kier molecular flexibility index (Phi) is 5.14. The topological polar surface area (TPSA) is 137 Å². The molecule has 1 saturated carbocycles. The predicted molar refractivity (Wildman–Crippen MR) is 116 cm³/mol. The van der Waals surface area contributed by atoms with Crippen LogP contribution in [0.3, 0.4) is 0 Å². The van der Waals surface area contributed by atoms with Crippen molar-refractivity contribution >= 4 is 27.6 Å². The number of nitrogens with one attached hydrogen (secondary N) is 3. The first kappa shape index (κ1) is 21.2. The molecule has 11 heteroatoms. The molecule has 10 nitrogen and oxygen atoms in total. The number of fused-ring (bicyclic) bond motifs is 1. The van der Waals surface area contributed by atoms with Gasteiger partial charge < -0.3 is 20.1 Å². The number of β-amino-alcohol motifs (C(OH)–C–C–N with tert-alkyl or cyclic N) is 1. The number of benzene rings is 1. The number of amides is 1. The molecule has 4 N–H and O–H groups in total. The number of rotatable bonds is 4. The van der Waals surface area contributed by atoms with Crippen LogP contribution in [0.1, 0.15) is 49.8 Å². The van der Waals surface area contributed by atoms with Gasteiger partial charge in [0.15, 0.2) is 5.82 Å². The minimum absolute atomic E-state index is 0.149. The highest BCUT2D eigenvalue weighted by atomic mass is 32.2. The SMILES string of the molecule is CC1(O)CCN(C(=O)O[C@H]2CC[C@@H](c3cc(Nc4ccc5c(c4)CNS5(=O)=O)n[nH]3)C2)C1. The van der Waals surface area contributed by atoms with Gasteiger partial charge in [-0.2, -0.15) is 5.10 Å². The Bertz CT molecular complexity index is 1150. The van der Waals surface area contributed by atoms with Crippen LogP contribution >= 0.6 is 0 Å². The van der Waals surface area contributed by atoms with Crippen LogP contribution in [0.25, 0.3) is 0 Å². The van der Waals surface area contributed by atoms with E-state index in [0.717, 1.165) is 36.2 Å². The lowest BCUT2D eigenvalue weighted by Gasteiger charge is -2.21. The van der Waals surface area contributed by atoms with Crippen LogP contribution in [0.15, 0.2) is 29.2 Å². The molecule has 1 unspecified atom stereocenters. The van der Waals surface area contributed by atoms with Crippen molar-refractivity contribution in [3.63, 3.8) is 0 Å². The number of sulfonamides is 1. The van der Waals surface area contributed by atoms with Gasteiger partial charge in [-0.1, -0.05) is 0 Å². The van der Waals surface area contributed by atoms with Crippen molar-refractivity contribution in [1.82, 2.24) is 19.8 Å². The van der Waals surface area contributed by atoms with Gasteiger partial charge in [0.1, 0.15) is 6.10 Å². The molecule has 0 radical (unpaired) electrons. The molecule has 0 spiro atoms. The van der Waals surface area contributed by atoms with E-state index in [1.807, 2.05) is 12.1 Å². The number of anilines is 2. The number of hydrogen-bond donors (Lipinski definition) is 4. The van der Waals surface area contributed by atoms with E-state index in [0.29, 0.717) is 30.2 Å². The fourth-order valence-corrected chi connectivity index (χ4v) is 5.94. The number of carbonyl (C=O) groups is 1. The van der Waals surface area contributed by atoms with Gasteiger partial charge in [0.2, 0.25) is 10.0 Å². The van der Waals surface area contributed by atoms with Crippen molar-refractivity contribution in [2.45, 2.75) is 61.7 Å². The molecule has 32 heavy (non-hydrogen) atoms. The number of nitrogens with zero attached hydrogens (tertiary/aromatic N) is 2. The van der Waals surface area contributed by atoms with Gasteiger partial charge >= 0.3 is 6.09 Å². The van der Waals surface area contributed by atoms with Crippen molar-refractivity contribution in [2.75, 3.05) is 18.4 Å². The second-order valence-corrected chi connectivity index (χ2v) is 10.9. The van der Waals surface area contributed by atoms with E-state index in [1.54, 1.807) is 24.0 Å². The largest absolute Gasteiger partial charge is 0.446 e. The Balaban J connectivity index is 1.17. The Hall–Kier alpha value is -2.63. The highest BCUT2D eigenvalue weighted by Gasteiger charge is 2.37. The first-order chi connectivity index (χ1) is 15.2. The molecule has 3 aliphatic rings. The van der Waals surface area contributed by atoms with Crippen molar-refractivity contribution in [2.24, 2.45) is 0 Å². The summed E-state index contributed by atoms with van der Waals surface area (Å²) >= 11 is 0. The van der Waals surface area contributed by atoms with E-state index in [-0.39, 0.29) is 24.7 Å².